The van der Waals surface area contributed by atoms with Crippen LogP contribution < -0.4 is 9.62 Å². The van der Waals surface area contributed by atoms with Gasteiger partial charge in [0, 0.05) is 18.1 Å². The van der Waals surface area contributed by atoms with Gasteiger partial charge in [0.1, 0.15) is 12.6 Å². The van der Waals surface area contributed by atoms with Crippen LogP contribution in [0.5, 0.6) is 0 Å². The molecule has 202 valence electrons. The number of anilines is 1. The zero-order valence-electron chi connectivity index (χ0n) is 21.9. The van der Waals surface area contributed by atoms with Crippen molar-refractivity contribution in [3.63, 3.8) is 0 Å². The molecule has 0 heterocycles. The van der Waals surface area contributed by atoms with Gasteiger partial charge >= 0.3 is 0 Å². The Morgan fingerprint density at radius 3 is 2.03 bits per heavy atom. The number of sulfonamides is 1. The predicted molar refractivity (Wildman–Crippen MR) is 152 cm³/mol. The minimum Gasteiger partial charge on any atom is -0.355 e. The molecule has 0 spiro atoms. The van der Waals surface area contributed by atoms with Crippen LogP contribution in [0.4, 0.5) is 5.69 Å². The van der Waals surface area contributed by atoms with Crippen molar-refractivity contribution >= 4 is 39.1 Å². The van der Waals surface area contributed by atoms with Gasteiger partial charge in [0.15, 0.2) is 0 Å². The van der Waals surface area contributed by atoms with E-state index in [1.165, 1.54) is 17.0 Å². The minimum absolute atomic E-state index is 0.0763. The standard InChI is InChI=1S/C29H34ClN3O4S/c1-4-22-14-18-25(19-15-22)33(38(36,37)26-10-8-7-9-11-26)21-28(34)32(27(5-2)29(35)31-6-3)20-23-12-16-24(30)17-13-23/h7-19,27H,4-6,20-21H2,1-3H3,(H,31,35)/t27-/m0/s1. The highest BCUT2D eigenvalue weighted by Crippen LogP contribution is 2.25. The van der Waals surface area contributed by atoms with Gasteiger partial charge in [0.25, 0.3) is 10.0 Å². The Morgan fingerprint density at radius 1 is 0.868 bits per heavy atom. The molecule has 3 aromatic carbocycles. The molecule has 1 N–H and O–H groups in total. The fraction of sp³-hybridized carbons (Fsp3) is 0.310. The minimum atomic E-state index is -4.08. The highest BCUT2D eigenvalue weighted by Gasteiger charge is 2.33. The lowest BCUT2D eigenvalue weighted by molar-refractivity contribution is -0.140. The molecule has 0 unspecified atom stereocenters. The molecule has 9 heteroatoms. The molecule has 7 nitrogen and oxygen atoms in total. The molecule has 0 aliphatic carbocycles. The summed E-state index contributed by atoms with van der Waals surface area (Å²) in [4.78, 5) is 28.4. The quantitative estimate of drug-likeness (QED) is 0.339. The van der Waals surface area contributed by atoms with Gasteiger partial charge in [-0.2, -0.15) is 0 Å². The van der Waals surface area contributed by atoms with Crippen molar-refractivity contribution in [2.24, 2.45) is 0 Å². The van der Waals surface area contributed by atoms with Crippen molar-refractivity contribution in [3.05, 3.63) is 95.0 Å². The average molecular weight is 556 g/mol. The lowest BCUT2D eigenvalue weighted by atomic mass is 10.1. The van der Waals surface area contributed by atoms with E-state index in [0.717, 1.165) is 21.9 Å². The molecule has 0 radical (unpaired) electrons. The molecule has 3 rings (SSSR count). The summed E-state index contributed by atoms with van der Waals surface area (Å²) in [6.45, 7) is 5.72. The summed E-state index contributed by atoms with van der Waals surface area (Å²) in [6.07, 6.45) is 1.16. The van der Waals surface area contributed by atoms with Crippen LogP contribution in [0.1, 0.15) is 38.3 Å². The lowest BCUT2D eigenvalue weighted by Crippen LogP contribution is -2.52. The first-order valence-electron chi connectivity index (χ1n) is 12.7. The number of carbonyl (C=O) groups excluding carboxylic acids is 2. The first-order valence-corrected chi connectivity index (χ1v) is 14.5. The molecule has 0 aliphatic heterocycles. The fourth-order valence-electron chi connectivity index (χ4n) is 4.14. The van der Waals surface area contributed by atoms with Gasteiger partial charge in [-0.15, -0.1) is 0 Å². The molecular formula is C29H34ClN3O4S. The maximum Gasteiger partial charge on any atom is 0.264 e. The van der Waals surface area contributed by atoms with Gasteiger partial charge in [-0.05, 0) is 67.3 Å². The van der Waals surface area contributed by atoms with E-state index < -0.39 is 28.5 Å². The number of aryl methyl sites for hydroxylation is 1. The number of nitrogens with zero attached hydrogens (tertiary/aromatic N) is 2. The Labute approximate surface area is 230 Å². The summed E-state index contributed by atoms with van der Waals surface area (Å²) >= 11 is 6.04. The van der Waals surface area contributed by atoms with Gasteiger partial charge in [0.2, 0.25) is 11.8 Å². The van der Waals surface area contributed by atoms with Crippen molar-refractivity contribution in [1.82, 2.24) is 10.2 Å². The van der Waals surface area contributed by atoms with Crippen LogP contribution >= 0.6 is 11.6 Å². The van der Waals surface area contributed by atoms with Crippen LogP contribution in [0.15, 0.2) is 83.8 Å². The summed E-state index contributed by atoms with van der Waals surface area (Å²) in [7, 11) is -4.08. The second kappa shape index (κ2) is 13.4. The van der Waals surface area contributed by atoms with Crippen molar-refractivity contribution in [2.75, 3.05) is 17.4 Å². The number of nitrogens with one attached hydrogen (secondary N) is 1. The molecule has 0 saturated heterocycles. The number of hydrogen-bond donors (Lipinski definition) is 1. The molecule has 3 aromatic rings. The largest absolute Gasteiger partial charge is 0.355 e. The highest BCUT2D eigenvalue weighted by atomic mass is 35.5. The maximum absolute atomic E-state index is 13.9. The second-order valence-electron chi connectivity index (χ2n) is 8.81. The van der Waals surface area contributed by atoms with Crippen molar-refractivity contribution in [3.8, 4) is 0 Å². The molecule has 2 amide bonds. The van der Waals surface area contributed by atoms with Gasteiger partial charge < -0.3 is 10.2 Å². The highest BCUT2D eigenvalue weighted by molar-refractivity contribution is 7.92. The Kier molecular flexibility index (Phi) is 10.3. The monoisotopic (exact) mass is 555 g/mol. The molecule has 0 aliphatic rings. The molecule has 0 bridgehead atoms. The van der Waals surface area contributed by atoms with Crippen molar-refractivity contribution in [1.29, 1.82) is 0 Å². The summed E-state index contributed by atoms with van der Waals surface area (Å²) in [5.74, 6) is -0.779. The van der Waals surface area contributed by atoms with Gasteiger partial charge in [0.05, 0.1) is 10.6 Å². The average Bonchev–Trinajstić information content (AvgIpc) is 2.93. The number of likely N-dealkylation sites (N-methyl/N-ethyl adjacent to an activating group) is 1. The summed E-state index contributed by atoms with van der Waals surface area (Å²) in [5, 5.41) is 3.35. The molecule has 1 atom stereocenters. The number of rotatable bonds is 12. The van der Waals surface area contributed by atoms with E-state index in [9.17, 15) is 18.0 Å². The third-order valence-electron chi connectivity index (χ3n) is 6.25. The number of amides is 2. The molecular weight excluding hydrogens is 522 g/mol. The van der Waals surface area contributed by atoms with E-state index in [4.69, 9.17) is 11.6 Å². The van der Waals surface area contributed by atoms with E-state index in [2.05, 4.69) is 5.32 Å². The smallest absolute Gasteiger partial charge is 0.264 e. The van der Waals surface area contributed by atoms with Crippen molar-refractivity contribution < 1.29 is 18.0 Å². The Hall–Kier alpha value is -3.36. The van der Waals surface area contributed by atoms with E-state index >= 15 is 0 Å². The third kappa shape index (κ3) is 7.14. The number of hydrogen-bond acceptors (Lipinski definition) is 4. The van der Waals surface area contributed by atoms with Crippen molar-refractivity contribution in [2.45, 2.75) is 51.1 Å². The fourth-order valence-corrected chi connectivity index (χ4v) is 5.71. The zero-order chi connectivity index (χ0) is 27.7. The summed E-state index contributed by atoms with van der Waals surface area (Å²) in [6, 6.07) is 21.4. The van der Waals surface area contributed by atoms with Crippen LogP contribution in [0.25, 0.3) is 0 Å². The summed E-state index contributed by atoms with van der Waals surface area (Å²) in [5.41, 5.74) is 2.19. The molecule has 0 fully saturated rings. The SMILES string of the molecule is CCNC(=O)[C@H](CC)N(Cc1ccc(Cl)cc1)C(=O)CN(c1ccc(CC)cc1)S(=O)(=O)c1ccccc1. The zero-order valence-corrected chi connectivity index (χ0v) is 23.5. The number of halogens is 1. The summed E-state index contributed by atoms with van der Waals surface area (Å²) < 4.78 is 28.7. The van der Waals surface area contributed by atoms with Gasteiger partial charge in [-0.25, -0.2) is 8.42 Å². The predicted octanol–water partition coefficient (Wildman–Crippen LogP) is 5.04. The molecule has 0 aromatic heterocycles. The number of carbonyl (C=O) groups is 2. The Bertz CT molecular complexity index is 1310. The lowest BCUT2D eigenvalue weighted by Gasteiger charge is -2.33. The van der Waals surface area contributed by atoms with Crippen LogP contribution in [-0.4, -0.2) is 44.3 Å². The van der Waals surface area contributed by atoms with E-state index in [0.29, 0.717) is 23.7 Å². The number of benzene rings is 3. The third-order valence-corrected chi connectivity index (χ3v) is 8.29. The first-order chi connectivity index (χ1) is 18.2. The van der Waals surface area contributed by atoms with Gasteiger partial charge in [-0.1, -0.05) is 67.9 Å². The van der Waals surface area contributed by atoms with Crippen LogP contribution in [0, 0.1) is 0 Å². The Morgan fingerprint density at radius 2 is 1.47 bits per heavy atom. The Balaban J connectivity index is 2.04. The second-order valence-corrected chi connectivity index (χ2v) is 11.1. The van der Waals surface area contributed by atoms with Crippen LogP contribution in [0.2, 0.25) is 5.02 Å². The molecule has 0 saturated carbocycles. The molecule has 38 heavy (non-hydrogen) atoms. The normalized spacial score (nSPS) is 12.0. The maximum atomic E-state index is 13.9. The topological polar surface area (TPSA) is 86.8 Å². The van der Waals surface area contributed by atoms with Crippen LogP contribution in [-0.2, 0) is 32.6 Å². The van der Waals surface area contributed by atoms with E-state index in [-0.39, 0.29) is 17.3 Å². The van der Waals surface area contributed by atoms with Crippen LogP contribution in [0.3, 0.4) is 0 Å². The first kappa shape index (κ1) is 29.2. The van der Waals surface area contributed by atoms with E-state index in [1.807, 2.05) is 32.9 Å². The van der Waals surface area contributed by atoms with E-state index in [1.54, 1.807) is 54.6 Å². The van der Waals surface area contributed by atoms with Gasteiger partial charge in [-0.3, -0.25) is 13.9 Å².